The predicted molar refractivity (Wildman–Crippen MR) is 206 cm³/mol. The first-order valence-corrected chi connectivity index (χ1v) is 19.3. The average Bonchev–Trinajstić information content (AvgIpc) is 3.18. The number of hydrogen-bond acceptors (Lipinski definition) is 8. The van der Waals surface area contributed by atoms with Crippen LogP contribution >= 0.6 is 0 Å². The number of hydrogen-bond donors (Lipinski definition) is 6. The van der Waals surface area contributed by atoms with E-state index in [4.69, 9.17) is 31.8 Å². The van der Waals surface area contributed by atoms with Gasteiger partial charge >= 0.3 is 12.2 Å². The molecule has 2 saturated heterocycles. The lowest BCUT2D eigenvalue weighted by molar-refractivity contribution is 0.0618. The number of nitrogen functional groups attached to an aromatic ring is 2. The van der Waals surface area contributed by atoms with Crippen LogP contribution in [-0.4, -0.2) is 98.0 Å². The Morgan fingerprint density at radius 2 is 0.852 bits per heavy atom. The number of carbonyl (C=O) groups is 4. The Labute approximate surface area is 317 Å². The highest BCUT2D eigenvalue weighted by atomic mass is 16.6. The van der Waals surface area contributed by atoms with E-state index in [-0.39, 0.29) is 47.5 Å². The topological polar surface area (TPSA) is 217 Å². The number of nitrogens with one attached hydrogen (secondary N) is 4. The number of carbonyl (C=O) groups excluding carboxylic acids is 4. The molecule has 54 heavy (non-hydrogen) atoms. The van der Waals surface area contributed by atoms with Crippen molar-refractivity contribution in [2.45, 2.75) is 64.2 Å². The standard InChI is InChI=1S/C40H56N8O6/c41-35(42)31-7-11-33(12-8-31)37(49)45-23-27-15-19-47(20-16-27)39(51)53-25-29-3-1-4-30(6-2-5-29)26-54-40(52)48-21-17-28(18-22-48)24-46-38(50)34-13-9-32(10-14-34)36(43)44/h7-14,27-30H,1-6,15-26H2,(H3,41,42)(H3,43,44)(H,45,49)(H,46,50). The van der Waals surface area contributed by atoms with Crippen molar-refractivity contribution in [3.8, 4) is 0 Å². The molecule has 2 aromatic rings. The fraction of sp³-hybridized carbons (Fsp3) is 0.550. The lowest BCUT2D eigenvalue weighted by atomic mass is 9.86. The molecule has 292 valence electrons. The first kappa shape index (κ1) is 40.1. The number of piperidine rings is 2. The van der Waals surface area contributed by atoms with Crippen LogP contribution in [0.5, 0.6) is 0 Å². The average molecular weight is 745 g/mol. The Morgan fingerprint density at radius 1 is 0.537 bits per heavy atom. The maximum atomic E-state index is 12.8. The molecule has 1 saturated carbocycles. The van der Waals surface area contributed by atoms with Crippen LogP contribution in [-0.2, 0) is 9.47 Å². The van der Waals surface area contributed by atoms with Gasteiger partial charge in [0.2, 0.25) is 0 Å². The Balaban J connectivity index is 0.899. The van der Waals surface area contributed by atoms with E-state index in [9.17, 15) is 19.2 Å². The van der Waals surface area contributed by atoms with Crippen molar-refractivity contribution in [2.75, 3.05) is 52.5 Å². The van der Waals surface area contributed by atoms with Crippen LogP contribution in [0, 0.1) is 34.5 Å². The van der Waals surface area contributed by atoms with Crippen LogP contribution in [0.1, 0.15) is 96.1 Å². The second kappa shape index (κ2) is 19.8. The lowest BCUT2D eigenvalue weighted by Gasteiger charge is -2.32. The zero-order valence-electron chi connectivity index (χ0n) is 31.2. The number of nitrogens with zero attached hydrogens (tertiary/aromatic N) is 2. The summed E-state index contributed by atoms with van der Waals surface area (Å²) in [4.78, 5) is 54.3. The monoisotopic (exact) mass is 744 g/mol. The molecule has 14 nitrogen and oxygen atoms in total. The smallest absolute Gasteiger partial charge is 0.409 e. The van der Waals surface area contributed by atoms with Crippen molar-refractivity contribution < 1.29 is 28.7 Å². The van der Waals surface area contributed by atoms with Crippen LogP contribution in [0.4, 0.5) is 9.59 Å². The minimum absolute atomic E-state index is 0.0354. The fourth-order valence-corrected chi connectivity index (χ4v) is 7.49. The number of amidine groups is 2. The van der Waals surface area contributed by atoms with Gasteiger partial charge in [-0.1, -0.05) is 37.1 Å². The second-order valence-electron chi connectivity index (χ2n) is 15.0. The molecular formula is C40H56N8O6. The van der Waals surface area contributed by atoms with E-state index in [1.54, 1.807) is 58.3 Å². The minimum Gasteiger partial charge on any atom is -0.449 e. The third-order valence-electron chi connectivity index (χ3n) is 11.1. The highest BCUT2D eigenvalue weighted by molar-refractivity contribution is 5.99. The Bertz CT molecular complexity index is 1470. The van der Waals surface area contributed by atoms with E-state index in [1.807, 2.05) is 0 Å². The summed E-state index contributed by atoms with van der Waals surface area (Å²) in [6, 6.07) is 13.3. The predicted octanol–water partition coefficient (Wildman–Crippen LogP) is 4.70. The summed E-state index contributed by atoms with van der Waals surface area (Å²) >= 11 is 0. The molecule has 0 radical (unpaired) electrons. The van der Waals surface area contributed by atoms with Crippen molar-refractivity contribution >= 4 is 35.7 Å². The molecule has 1 aliphatic carbocycles. The van der Waals surface area contributed by atoms with Crippen LogP contribution in [0.15, 0.2) is 48.5 Å². The molecule has 2 aromatic carbocycles. The molecule has 14 heteroatoms. The highest BCUT2D eigenvalue weighted by Crippen LogP contribution is 2.28. The van der Waals surface area contributed by atoms with Gasteiger partial charge in [-0.3, -0.25) is 20.4 Å². The van der Waals surface area contributed by atoms with Gasteiger partial charge in [-0.15, -0.1) is 0 Å². The summed E-state index contributed by atoms with van der Waals surface area (Å²) in [7, 11) is 0. The molecule has 3 fully saturated rings. The largest absolute Gasteiger partial charge is 0.449 e. The molecular weight excluding hydrogens is 688 g/mol. The molecule has 8 N–H and O–H groups in total. The second-order valence-corrected chi connectivity index (χ2v) is 15.0. The maximum absolute atomic E-state index is 12.8. The number of nitrogens with two attached hydrogens (primary N) is 2. The van der Waals surface area contributed by atoms with Crippen LogP contribution < -0.4 is 22.1 Å². The quantitative estimate of drug-likeness (QED) is 0.132. The zero-order chi connectivity index (χ0) is 38.5. The molecule has 2 aliphatic heterocycles. The molecule has 0 unspecified atom stereocenters. The normalized spacial score (nSPS) is 19.9. The van der Waals surface area contributed by atoms with Gasteiger partial charge in [0.25, 0.3) is 11.8 Å². The highest BCUT2D eigenvalue weighted by Gasteiger charge is 2.27. The molecule has 0 spiro atoms. The molecule has 0 atom stereocenters. The van der Waals surface area contributed by atoms with Crippen molar-refractivity contribution in [3.05, 3.63) is 70.8 Å². The van der Waals surface area contributed by atoms with E-state index in [0.717, 1.165) is 64.2 Å². The first-order valence-electron chi connectivity index (χ1n) is 19.3. The van der Waals surface area contributed by atoms with Gasteiger partial charge in [0.15, 0.2) is 0 Å². The minimum atomic E-state index is -0.263. The summed E-state index contributed by atoms with van der Waals surface area (Å²) in [5, 5.41) is 20.9. The SMILES string of the molecule is N=C(N)c1ccc(C(=O)NCC2CCN(C(=O)OCC3CCCC(COC(=O)N4CCC(CNC(=O)c5ccc(C(=N)N)cc5)CC4)CCC3)CC2)cc1. The Morgan fingerprint density at radius 3 is 1.17 bits per heavy atom. The van der Waals surface area contributed by atoms with Gasteiger partial charge in [0.05, 0.1) is 13.2 Å². The third kappa shape index (κ3) is 11.9. The van der Waals surface area contributed by atoms with Gasteiger partial charge < -0.3 is 41.4 Å². The molecule has 0 aromatic heterocycles. The zero-order valence-corrected chi connectivity index (χ0v) is 31.2. The van der Waals surface area contributed by atoms with Gasteiger partial charge in [0.1, 0.15) is 11.7 Å². The van der Waals surface area contributed by atoms with Crippen molar-refractivity contribution in [1.29, 1.82) is 10.8 Å². The van der Waals surface area contributed by atoms with Gasteiger partial charge in [-0.2, -0.15) is 0 Å². The number of amides is 4. The summed E-state index contributed by atoms with van der Waals surface area (Å²) in [5.74, 6) is 0.833. The Kier molecular flexibility index (Phi) is 14.7. The van der Waals surface area contributed by atoms with Crippen LogP contribution in [0.3, 0.4) is 0 Å². The molecule has 3 aliphatic rings. The van der Waals surface area contributed by atoms with E-state index in [1.165, 1.54) is 0 Å². The summed E-state index contributed by atoms with van der Waals surface area (Å²) in [6.45, 7) is 4.35. The van der Waals surface area contributed by atoms with Crippen molar-refractivity contribution in [1.82, 2.24) is 20.4 Å². The van der Waals surface area contributed by atoms with E-state index in [0.29, 0.717) is 86.6 Å². The number of benzene rings is 2. The van der Waals surface area contributed by atoms with E-state index in [2.05, 4.69) is 10.6 Å². The van der Waals surface area contributed by atoms with Crippen LogP contribution in [0.25, 0.3) is 0 Å². The van der Waals surface area contributed by atoms with Crippen LogP contribution in [0.2, 0.25) is 0 Å². The molecule has 5 rings (SSSR count). The maximum Gasteiger partial charge on any atom is 0.409 e. The fourth-order valence-electron chi connectivity index (χ4n) is 7.49. The van der Waals surface area contributed by atoms with E-state index < -0.39 is 0 Å². The van der Waals surface area contributed by atoms with Gasteiger partial charge in [0, 0.05) is 61.5 Å². The Hall–Kier alpha value is -5.14. The number of rotatable bonds is 12. The van der Waals surface area contributed by atoms with Gasteiger partial charge in [-0.25, -0.2) is 9.59 Å². The van der Waals surface area contributed by atoms with Crippen molar-refractivity contribution in [2.24, 2.45) is 35.1 Å². The molecule has 4 amide bonds. The summed E-state index contributed by atoms with van der Waals surface area (Å²) in [5.41, 5.74) is 13.2. The summed E-state index contributed by atoms with van der Waals surface area (Å²) in [6.07, 6.45) is 8.58. The number of ether oxygens (including phenoxy) is 2. The van der Waals surface area contributed by atoms with Gasteiger partial charge in [-0.05, 0) is 99.3 Å². The number of likely N-dealkylation sites (tertiary alicyclic amines) is 2. The lowest BCUT2D eigenvalue weighted by Crippen LogP contribution is -2.42. The van der Waals surface area contributed by atoms with E-state index >= 15 is 0 Å². The third-order valence-corrected chi connectivity index (χ3v) is 11.1. The first-order chi connectivity index (χ1) is 26.0. The summed E-state index contributed by atoms with van der Waals surface area (Å²) < 4.78 is 11.5. The molecule has 2 heterocycles. The molecule has 0 bridgehead atoms. The van der Waals surface area contributed by atoms with Crippen molar-refractivity contribution in [3.63, 3.8) is 0 Å².